The van der Waals surface area contributed by atoms with Gasteiger partial charge in [-0.1, -0.05) is 0 Å². The molecule has 0 aliphatic heterocycles. The molecule has 1 heterocycles. The molecule has 1 aromatic carbocycles. The van der Waals surface area contributed by atoms with Gasteiger partial charge < -0.3 is 14.8 Å². The number of furan rings is 1. The van der Waals surface area contributed by atoms with Crippen molar-refractivity contribution in [1.29, 1.82) is 0 Å². The smallest absolute Gasteiger partial charge is 0.147 e. The molecular weight excluding hydrogens is 308 g/mol. The second kappa shape index (κ2) is 5.49. The lowest BCUT2D eigenvalue weighted by Gasteiger charge is -2.11. The van der Waals surface area contributed by atoms with Crippen molar-refractivity contribution in [2.24, 2.45) is 0 Å². The minimum absolute atomic E-state index is 0.0127. The number of hydrogen-bond acceptors (Lipinski definition) is 3. The Morgan fingerprint density at radius 2 is 2.11 bits per heavy atom. The maximum absolute atomic E-state index is 13.5. The highest BCUT2D eigenvalue weighted by molar-refractivity contribution is 9.10. The Kier molecular flexibility index (Phi) is 3.98. The molecule has 1 atom stereocenters. The van der Waals surface area contributed by atoms with Crippen molar-refractivity contribution in [3.63, 3.8) is 0 Å². The van der Waals surface area contributed by atoms with E-state index in [0.717, 1.165) is 12.1 Å². The number of hydrogen-bond donors (Lipinski definition) is 2. The molecular formula is C12H10BrF2NO2. The van der Waals surface area contributed by atoms with Crippen LogP contribution in [0.2, 0.25) is 0 Å². The van der Waals surface area contributed by atoms with Crippen LogP contribution < -0.4 is 5.32 Å². The average molecular weight is 318 g/mol. The van der Waals surface area contributed by atoms with Gasteiger partial charge in [-0.15, -0.1) is 0 Å². The Hall–Kier alpha value is -1.40. The second-order valence-electron chi connectivity index (χ2n) is 3.66. The maximum atomic E-state index is 13.5. The van der Waals surface area contributed by atoms with Crippen molar-refractivity contribution in [2.45, 2.75) is 6.10 Å². The monoisotopic (exact) mass is 317 g/mol. The molecule has 0 radical (unpaired) electrons. The Morgan fingerprint density at radius 1 is 1.33 bits per heavy atom. The van der Waals surface area contributed by atoms with E-state index >= 15 is 0 Å². The van der Waals surface area contributed by atoms with Crippen LogP contribution in [-0.2, 0) is 0 Å². The third kappa shape index (κ3) is 2.88. The number of rotatable bonds is 4. The van der Waals surface area contributed by atoms with E-state index in [1.807, 2.05) is 0 Å². The Morgan fingerprint density at radius 3 is 2.78 bits per heavy atom. The van der Waals surface area contributed by atoms with Gasteiger partial charge in [-0.2, -0.15) is 0 Å². The van der Waals surface area contributed by atoms with Crippen LogP contribution in [0.15, 0.2) is 39.4 Å². The number of nitrogens with one attached hydrogen (secondary N) is 1. The van der Waals surface area contributed by atoms with Crippen LogP contribution in [0.3, 0.4) is 0 Å². The number of halogens is 3. The first kappa shape index (κ1) is 13.0. The lowest BCUT2D eigenvalue weighted by atomic mass is 10.2. The summed E-state index contributed by atoms with van der Waals surface area (Å²) in [6.07, 6.45) is 0.504. The fourth-order valence-electron chi connectivity index (χ4n) is 1.45. The van der Waals surface area contributed by atoms with E-state index in [0.29, 0.717) is 5.76 Å². The summed E-state index contributed by atoms with van der Waals surface area (Å²) in [7, 11) is 0. The third-order valence-electron chi connectivity index (χ3n) is 2.37. The van der Waals surface area contributed by atoms with E-state index in [1.165, 1.54) is 6.26 Å². The molecule has 0 aliphatic carbocycles. The maximum Gasteiger partial charge on any atom is 0.147 e. The van der Waals surface area contributed by atoms with Crippen molar-refractivity contribution in [1.82, 2.24) is 0 Å². The van der Waals surface area contributed by atoms with Crippen molar-refractivity contribution >= 4 is 21.6 Å². The standard InChI is InChI=1S/C12H10BrF2NO2/c13-7-4-9(15)10(5-8(7)14)16-6-11(17)12-2-1-3-18-12/h1-5,11,16-17H,6H2. The highest BCUT2D eigenvalue weighted by Crippen LogP contribution is 2.24. The topological polar surface area (TPSA) is 45.4 Å². The fourth-order valence-corrected chi connectivity index (χ4v) is 1.76. The minimum Gasteiger partial charge on any atom is -0.467 e. The molecule has 18 heavy (non-hydrogen) atoms. The quantitative estimate of drug-likeness (QED) is 0.849. The van der Waals surface area contributed by atoms with E-state index in [4.69, 9.17) is 4.42 Å². The van der Waals surface area contributed by atoms with Crippen LogP contribution >= 0.6 is 15.9 Å². The molecule has 2 rings (SSSR count). The molecule has 0 fully saturated rings. The van der Waals surface area contributed by atoms with Crippen LogP contribution in [0.1, 0.15) is 11.9 Å². The van der Waals surface area contributed by atoms with Crippen LogP contribution in [-0.4, -0.2) is 11.7 Å². The lowest BCUT2D eigenvalue weighted by molar-refractivity contribution is 0.162. The summed E-state index contributed by atoms with van der Waals surface area (Å²) in [6.45, 7) is 0.0194. The molecule has 96 valence electrons. The third-order valence-corrected chi connectivity index (χ3v) is 2.98. The van der Waals surface area contributed by atoms with Crippen LogP contribution in [0.25, 0.3) is 0 Å². The molecule has 0 aliphatic rings. The van der Waals surface area contributed by atoms with E-state index < -0.39 is 17.7 Å². The minimum atomic E-state index is -0.925. The van der Waals surface area contributed by atoms with E-state index in [-0.39, 0.29) is 16.7 Å². The van der Waals surface area contributed by atoms with Crippen molar-refractivity contribution < 1.29 is 18.3 Å². The number of aliphatic hydroxyl groups excluding tert-OH is 1. The molecule has 2 aromatic rings. The highest BCUT2D eigenvalue weighted by atomic mass is 79.9. The van der Waals surface area contributed by atoms with Gasteiger partial charge in [0.15, 0.2) is 0 Å². The largest absolute Gasteiger partial charge is 0.467 e. The molecule has 6 heteroatoms. The van der Waals surface area contributed by atoms with Gasteiger partial charge in [-0.25, -0.2) is 8.78 Å². The highest BCUT2D eigenvalue weighted by Gasteiger charge is 2.12. The van der Waals surface area contributed by atoms with Crippen LogP contribution in [0.5, 0.6) is 0 Å². The summed E-state index contributed by atoms with van der Waals surface area (Å²) in [5.41, 5.74) is -0.0127. The van der Waals surface area contributed by atoms with Gasteiger partial charge in [0, 0.05) is 12.6 Å². The molecule has 0 bridgehead atoms. The summed E-state index contributed by atoms with van der Waals surface area (Å²) >= 11 is 2.88. The van der Waals surface area contributed by atoms with Gasteiger partial charge >= 0.3 is 0 Å². The van der Waals surface area contributed by atoms with Crippen molar-refractivity contribution in [3.8, 4) is 0 Å². The molecule has 3 nitrogen and oxygen atoms in total. The summed E-state index contributed by atoms with van der Waals surface area (Å²) in [6, 6.07) is 5.29. The first-order chi connectivity index (χ1) is 8.58. The van der Waals surface area contributed by atoms with Gasteiger partial charge in [0.1, 0.15) is 23.5 Å². The Labute approximate surface area is 111 Å². The SMILES string of the molecule is OC(CNc1cc(F)c(Br)cc1F)c1ccco1. The summed E-state index contributed by atoms with van der Waals surface area (Å²) < 4.78 is 31.7. The Balaban J connectivity index is 2.04. The normalized spacial score (nSPS) is 12.4. The van der Waals surface area contributed by atoms with E-state index in [2.05, 4.69) is 21.2 Å². The summed E-state index contributed by atoms with van der Waals surface area (Å²) in [5, 5.41) is 12.3. The molecule has 0 amide bonds. The first-order valence-electron chi connectivity index (χ1n) is 5.18. The van der Waals surface area contributed by atoms with Gasteiger partial charge in [0.25, 0.3) is 0 Å². The number of anilines is 1. The summed E-state index contributed by atoms with van der Waals surface area (Å²) in [5.74, 6) is -0.818. The average Bonchev–Trinajstić information content (AvgIpc) is 2.85. The number of benzene rings is 1. The second-order valence-corrected chi connectivity index (χ2v) is 4.51. The zero-order chi connectivity index (χ0) is 13.1. The first-order valence-corrected chi connectivity index (χ1v) is 5.97. The summed E-state index contributed by atoms with van der Waals surface area (Å²) in [4.78, 5) is 0. The van der Waals surface area contributed by atoms with Gasteiger partial charge in [0.2, 0.25) is 0 Å². The van der Waals surface area contributed by atoms with Gasteiger partial charge in [0.05, 0.1) is 16.4 Å². The molecule has 0 saturated carbocycles. The van der Waals surface area contributed by atoms with Crippen molar-refractivity contribution in [3.05, 3.63) is 52.4 Å². The Bertz CT molecular complexity index is 531. The molecule has 2 N–H and O–H groups in total. The molecule has 1 unspecified atom stereocenters. The zero-order valence-electron chi connectivity index (χ0n) is 9.16. The predicted octanol–water partition coefficient (Wildman–Crippen LogP) is 3.47. The van der Waals surface area contributed by atoms with E-state index in [9.17, 15) is 13.9 Å². The molecule has 0 spiro atoms. The van der Waals surface area contributed by atoms with Crippen LogP contribution in [0, 0.1) is 11.6 Å². The lowest BCUT2D eigenvalue weighted by Crippen LogP contribution is -2.12. The zero-order valence-corrected chi connectivity index (χ0v) is 10.7. The molecule has 0 saturated heterocycles. The van der Waals surface area contributed by atoms with E-state index in [1.54, 1.807) is 12.1 Å². The number of aliphatic hydroxyl groups is 1. The van der Waals surface area contributed by atoms with Gasteiger partial charge in [-0.05, 0) is 34.1 Å². The van der Waals surface area contributed by atoms with Crippen LogP contribution in [0.4, 0.5) is 14.5 Å². The predicted molar refractivity (Wildman–Crippen MR) is 66.2 cm³/mol. The molecule has 1 aromatic heterocycles. The fraction of sp³-hybridized carbons (Fsp3) is 0.167. The van der Waals surface area contributed by atoms with Gasteiger partial charge in [-0.3, -0.25) is 0 Å². The van der Waals surface area contributed by atoms with Crippen molar-refractivity contribution in [2.75, 3.05) is 11.9 Å².